The molecule has 1 heterocycles. The molecule has 2 rings (SSSR count). The fraction of sp³-hybridized carbons (Fsp3) is 0.357. The summed E-state index contributed by atoms with van der Waals surface area (Å²) in [5.41, 5.74) is 7.63. The minimum absolute atomic E-state index is 0.617. The van der Waals surface area contributed by atoms with Gasteiger partial charge in [0.2, 0.25) is 0 Å². The quantitative estimate of drug-likeness (QED) is 0.528. The molecule has 4 N–H and O–H groups in total. The van der Waals surface area contributed by atoms with Gasteiger partial charge in [0.1, 0.15) is 11.6 Å². The molecular weight excluding hydrogens is 240 g/mol. The molecule has 2 aromatic rings. The number of aromatic nitrogens is 2. The molecule has 1 aromatic carbocycles. The van der Waals surface area contributed by atoms with E-state index in [-0.39, 0.29) is 0 Å². The van der Waals surface area contributed by atoms with Crippen LogP contribution in [-0.2, 0) is 6.42 Å². The fourth-order valence-corrected chi connectivity index (χ4v) is 1.89. The molecule has 0 aliphatic carbocycles. The van der Waals surface area contributed by atoms with Gasteiger partial charge >= 0.3 is 0 Å². The molecule has 0 saturated carbocycles. The van der Waals surface area contributed by atoms with Crippen molar-refractivity contribution < 1.29 is 4.74 Å². The molecule has 0 unspecified atom stereocenters. The molecule has 0 aliphatic heterocycles. The van der Waals surface area contributed by atoms with Crippen LogP contribution < -0.4 is 15.8 Å². The van der Waals surface area contributed by atoms with Crippen LogP contribution in [0.3, 0.4) is 0 Å². The predicted octanol–water partition coefficient (Wildman–Crippen LogP) is 2.44. The predicted molar refractivity (Wildman–Crippen MR) is 77.4 cm³/mol. The van der Waals surface area contributed by atoms with Crippen LogP contribution in [0.15, 0.2) is 30.6 Å². The number of aromatic amines is 1. The number of nitrogens with two attached hydrogens (primary N) is 1. The maximum absolute atomic E-state index is 6.04. The van der Waals surface area contributed by atoms with E-state index in [1.807, 2.05) is 31.3 Å². The number of benzene rings is 1. The first-order valence-electron chi connectivity index (χ1n) is 6.54. The zero-order valence-corrected chi connectivity index (χ0v) is 11.1. The highest BCUT2D eigenvalue weighted by atomic mass is 16.5. The van der Waals surface area contributed by atoms with E-state index in [9.17, 15) is 0 Å². The van der Waals surface area contributed by atoms with Crippen LogP contribution in [0.2, 0.25) is 0 Å². The van der Waals surface area contributed by atoms with Crippen molar-refractivity contribution in [2.75, 3.05) is 24.2 Å². The molecule has 1 aromatic heterocycles. The van der Waals surface area contributed by atoms with E-state index in [0.717, 1.165) is 36.6 Å². The number of nitrogens with zero attached hydrogens (tertiary/aromatic N) is 1. The Morgan fingerprint density at radius 3 is 3.05 bits per heavy atom. The van der Waals surface area contributed by atoms with E-state index in [1.54, 1.807) is 6.20 Å². The summed E-state index contributed by atoms with van der Waals surface area (Å²) < 4.78 is 5.46. The lowest BCUT2D eigenvalue weighted by Crippen LogP contribution is -2.07. The second kappa shape index (κ2) is 6.68. The van der Waals surface area contributed by atoms with E-state index in [1.165, 1.54) is 0 Å². The van der Waals surface area contributed by atoms with Crippen LogP contribution in [0.5, 0.6) is 5.75 Å². The highest BCUT2D eigenvalue weighted by Gasteiger charge is 2.04. The van der Waals surface area contributed by atoms with Crippen LogP contribution in [0, 0.1) is 0 Å². The number of imidazole rings is 1. The molecule has 0 atom stereocenters. The summed E-state index contributed by atoms with van der Waals surface area (Å²) in [4.78, 5) is 7.28. The minimum atomic E-state index is 0.617. The Bertz CT molecular complexity index is 496. The molecule has 0 saturated heterocycles. The third-order valence-corrected chi connectivity index (χ3v) is 2.83. The van der Waals surface area contributed by atoms with E-state index in [0.29, 0.717) is 12.3 Å². The first-order chi connectivity index (χ1) is 9.31. The van der Waals surface area contributed by atoms with Gasteiger partial charge in [0, 0.05) is 25.4 Å². The summed E-state index contributed by atoms with van der Waals surface area (Å²) in [5.74, 6) is 1.75. The Balaban J connectivity index is 1.83. The first kappa shape index (κ1) is 13.3. The summed E-state index contributed by atoms with van der Waals surface area (Å²) >= 11 is 0. The van der Waals surface area contributed by atoms with Crippen molar-refractivity contribution in [2.45, 2.75) is 19.8 Å². The van der Waals surface area contributed by atoms with Crippen LogP contribution in [0.1, 0.15) is 19.2 Å². The maximum atomic E-state index is 6.04. The average molecular weight is 260 g/mol. The Morgan fingerprint density at radius 1 is 1.42 bits per heavy atom. The number of hydrogen-bond acceptors (Lipinski definition) is 4. The highest BCUT2D eigenvalue weighted by molar-refractivity contribution is 5.72. The molecule has 5 nitrogen and oxygen atoms in total. The minimum Gasteiger partial charge on any atom is -0.492 e. The topological polar surface area (TPSA) is 76.0 Å². The van der Waals surface area contributed by atoms with Gasteiger partial charge in [-0.15, -0.1) is 0 Å². The van der Waals surface area contributed by atoms with Crippen LogP contribution in [0.25, 0.3) is 0 Å². The highest BCUT2D eigenvalue weighted by Crippen LogP contribution is 2.29. The zero-order valence-electron chi connectivity index (χ0n) is 11.1. The fourth-order valence-electron chi connectivity index (χ4n) is 1.89. The number of para-hydroxylation sites is 1. The van der Waals surface area contributed by atoms with Gasteiger partial charge in [-0.2, -0.15) is 0 Å². The van der Waals surface area contributed by atoms with Crippen LogP contribution in [-0.4, -0.2) is 23.1 Å². The monoisotopic (exact) mass is 260 g/mol. The number of anilines is 2. The standard InChI is InChI=1S/C14H20N4O/c1-2-19-12-6-3-5-11(14(12)15)16-8-4-7-13-17-9-10-18-13/h3,5-6,9-10,16H,2,4,7-8,15H2,1H3,(H,17,18). The summed E-state index contributed by atoms with van der Waals surface area (Å²) in [5, 5.41) is 3.33. The van der Waals surface area contributed by atoms with Crippen molar-refractivity contribution in [1.82, 2.24) is 9.97 Å². The number of nitrogen functional groups attached to an aromatic ring is 1. The summed E-state index contributed by atoms with van der Waals surface area (Å²) in [6.45, 7) is 3.41. The van der Waals surface area contributed by atoms with Gasteiger partial charge in [-0.25, -0.2) is 4.98 Å². The number of ether oxygens (including phenoxy) is 1. The van der Waals surface area contributed by atoms with Gasteiger partial charge < -0.3 is 20.8 Å². The summed E-state index contributed by atoms with van der Waals surface area (Å²) in [6, 6.07) is 5.79. The van der Waals surface area contributed by atoms with Crippen molar-refractivity contribution in [3.8, 4) is 5.75 Å². The molecule has 0 amide bonds. The molecule has 0 radical (unpaired) electrons. The zero-order chi connectivity index (χ0) is 13.5. The van der Waals surface area contributed by atoms with Crippen molar-refractivity contribution in [1.29, 1.82) is 0 Å². The van der Waals surface area contributed by atoms with Gasteiger partial charge in [-0.1, -0.05) is 6.07 Å². The lowest BCUT2D eigenvalue weighted by molar-refractivity contribution is 0.342. The van der Waals surface area contributed by atoms with Gasteiger partial charge in [0.25, 0.3) is 0 Å². The van der Waals surface area contributed by atoms with Gasteiger partial charge in [-0.3, -0.25) is 0 Å². The van der Waals surface area contributed by atoms with Crippen molar-refractivity contribution in [3.05, 3.63) is 36.4 Å². The van der Waals surface area contributed by atoms with Gasteiger partial charge in [0.05, 0.1) is 18.0 Å². The Hall–Kier alpha value is -2.17. The van der Waals surface area contributed by atoms with Crippen molar-refractivity contribution in [3.63, 3.8) is 0 Å². The van der Waals surface area contributed by atoms with E-state index >= 15 is 0 Å². The van der Waals surface area contributed by atoms with E-state index in [2.05, 4.69) is 15.3 Å². The molecule has 0 spiro atoms. The smallest absolute Gasteiger partial charge is 0.144 e. The second-order valence-corrected chi connectivity index (χ2v) is 4.22. The molecule has 0 fully saturated rings. The van der Waals surface area contributed by atoms with Crippen LogP contribution >= 0.6 is 0 Å². The number of rotatable bonds is 7. The molecule has 5 heteroatoms. The number of nitrogens with one attached hydrogen (secondary N) is 2. The normalized spacial score (nSPS) is 10.4. The Kier molecular flexibility index (Phi) is 4.66. The van der Waals surface area contributed by atoms with Crippen LogP contribution in [0.4, 0.5) is 11.4 Å². The van der Waals surface area contributed by atoms with Crippen molar-refractivity contribution >= 4 is 11.4 Å². The SMILES string of the molecule is CCOc1cccc(NCCCc2ncc[nH]2)c1N. The Morgan fingerprint density at radius 2 is 2.32 bits per heavy atom. The average Bonchev–Trinajstić information content (AvgIpc) is 2.92. The Labute approximate surface area is 113 Å². The number of H-pyrrole nitrogens is 1. The molecule has 0 aliphatic rings. The first-order valence-corrected chi connectivity index (χ1v) is 6.54. The number of aryl methyl sites for hydroxylation is 1. The van der Waals surface area contributed by atoms with E-state index < -0.39 is 0 Å². The summed E-state index contributed by atoms with van der Waals surface area (Å²) in [6.07, 6.45) is 5.52. The summed E-state index contributed by atoms with van der Waals surface area (Å²) in [7, 11) is 0. The largest absolute Gasteiger partial charge is 0.492 e. The number of hydrogen-bond donors (Lipinski definition) is 3. The molecule has 19 heavy (non-hydrogen) atoms. The maximum Gasteiger partial charge on any atom is 0.144 e. The van der Waals surface area contributed by atoms with Crippen molar-refractivity contribution in [2.24, 2.45) is 0 Å². The molecular formula is C14H20N4O. The van der Waals surface area contributed by atoms with E-state index in [4.69, 9.17) is 10.5 Å². The second-order valence-electron chi connectivity index (χ2n) is 4.22. The molecule has 0 bridgehead atoms. The molecule has 102 valence electrons. The lowest BCUT2D eigenvalue weighted by atomic mass is 10.2. The third kappa shape index (κ3) is 3.64. The van der Waals surface area contributed by atoms with Gasteiger partial charge in [0.15, 0.2) is 0 Å². The lowest BCUT2D eigenvalue weighted by Gasteiger charge is -2.12. The third-order valence-electron chi connectivity index (χ3n) is 2.83. The van der Waals surface area contributed by atoms with Gasteiger partial charge in [-0.05, 0) is 25.5 Å².